The molecule has 0 aliphatic rings. The number of hydrogen-bond donors (Lipinski definition) is 2. The molecule has 0 radical (unpaired) electrons. The van der Waals surface area contributed by atoms with Crippen LogP contribution in [0.3, 0.4) is 0 Å². The van der Waals surface area contributed by atoms with Gasteiger partial charge in [0.1, 0.15) is 0 Å². The number of benzene rings is 1. The van der Waals surface area contributed by atoms with Crippen LogP contribution in [0.5, 0.6) is 0 Å². The maximum atomic E-state index is 8.63. The van der Waals surface area contributed by atoms with Crippen LogP contribution in [-0.4, -0.2) is 24.8 Å². The molecular weight excluding hydrogens is 198 g/mol. The summed E-state index contributed by atoms with van der Waals surface area (Å²) in [6, 6.07) is 6.67. The lowest BCUT2D eigenvalue weighted by atomic mass is 10.0. The van der Waals surface area contributed by atoms with Crippen LogP contribution < -0.4 is 5.32 Å². The molecule has 0 aliphatic carbocycles. The SMILES string of the molecule is Cc1ccc(CCNCCCCO)cc1C. The maximum absolute atomic E-state index is 8.63. The van der Waals surface area contributed by atoms with Crippen molar-refractivity contribution >= 4 is 0 Å². The lowest BCUT2D eigenvalue weighted by molar-refractivity contribution is 0.284. The molecule has 0 amide bonds. The minimum absolute atomic E-state index is 0.304. The summed E-state index contributed by atoms with van der Waals surface area (Å²) < 4.78 is 0. The normalized spacial score (nSPS) is 10.7. The van der Waals surface area contributed by atoms with Crippen molar-refractivity contribution < 1.29 is 5.11 Å². The van der Waals surface area contributed by atoms with Gasteiger partial charge in [0, 0.05) is 6.61 Å². The van der Waals surface area contributed by atoms with Gasteiger partial charge in [-0.1, -0.05) is 18.2 Å². The second kappa shape index (κ2) is 7.42. The van der Waals surface area contributed by atoms with Gasteiger partial charge in [-0.2, -0.15) is 0 Å². The topological polar surface area (TPSA) is 32.3 Å². The summed E-state index contributed by atoms with van der Waals surface area (Å²) in [4.78, 5) is 0. The Bertz CT molecular complexity index is 310. The number of aliphatic hydroxyl groups excluding tert-OH is 1. The number of rotatable bonds is 7. The maximum Gasteiger partial charge on any atom is 0.0431 e. The Kier molecular flexibility index (Phi) is 6.12. The third-order valence-corrected chi connectivity index (χ3v) is 2.92. The van der Waals surface area contributed by atoms with E-state index < -0.39 is 0 Å². The van der Waals surface area contributed by atoms with Gasteiger partial charge in [0.05, 0.1) is 0 Å². The molecule has 2 nitrogen and oxygen atoms in total. The van der Waals surface area contributed by atoms with Crippen LogP contribution in [0.25, 0.3) is 0 Å². The third-order valence-electron chi connectivity index (χ3n) is 2.92. The minimum atomic E-state index is 0.304. The summed E-state index contributed by atoms with van der Waals surface area (Å²) in [6.07, 6.45) is 3.04. The molecule has 0 bridgehead atoms. The molecule has 0 saturated carbocycles. The predicted octanol–water partition coefficient (Wildman–Crippen LogP) is 2.21. The van der Waals surface area contributed by atoms with E-state index in [1.807, 2.05) is 0 Å². The highest BCUT2D eigenvalue weighted by Crippen LogP contribution is 2.09. The van der Waals surface area contributed by atoms with Crippen molar-refractivity contribution in [2.24, 2.45) is 0 Å². The molecule has 0 saturated heterocycles. The smallest absolute Gasteiger partial charge is 0.0431 e. The van der Waals surface area contributed by atoms with Crippen LogP contribution in [0, 0.1) is 13.8 Å². The monoisotopic (exact) mass is 221 g/mol. The Balaban J connectivity index is 2.19. The molecule has 2 heteroatoms. The summed E-state index contributed by atoms with van der Waals surface area (Å²) in [7, 11) is 0. The zero-order valence-corrected chi connectivity index (χ0v) is 10.4. The van der Waals surface area contributed by atoms with Gasteiger partial charge >= 0.3 is 0 Å². The Morgan fingerprint density at radius 3 is 2.56 bits per heavy atom. The minimum Gasteiger partial charge on any atom is -0.396 e. The van der Waals surface area contributed by atoms with E-state index in [1.165, 1.54) is 16.7 Å². The molecule has 16 heavy (non-hydrogen) atoms. The van der Waals surface area contributed by atoms with Gasteiger partial charge in [-0.3, -0.25) is 0 Å². The van der Waals surface area contributed by atoms with Crippen molar-refractivity contribution in [3.05, 3.63) is 34.9 Å². The highest BCUT2D eigenvalue weighted by molar-refractivity contribution is 5.29. The summed E-state index contributed by atoms with van der Waals surface area (Å²) in [5.74, 6) is 0. The summed E-state index contributed by atoms with van der Waals surface area (Å²) >= 11 is 0. The molecule has 0 aromatic heterocycles. The van der Waals surface area contributed by atoms with Crippen LogP contribution in [0.4, 0.5) is 0 Å². The average Bonchev–Trinajstić information content (AvgIpc) is 2.28. The number of nitrogens with one attached hydrogen (secondary N) is 1. The van der Waals surface area contributed by atoms with Gasteiger partial charge in [0.2, 0.25) is 0 Å². The zero-order chi connectivity index (χ0) is 11.8. The number of unbranched alkanes of at least 4 members (excludes halogenated alkanes) is 1. The van der Waals surface area contributed by atoms with E-state index >= 15 is 0 Å². The van der Waals surface area contributed by atoms with Gasteiger partial charge < -0.3 is 10.4 Å². The number of aliphatic hydroxyl groups is 1. The Hall–Kier alpha value is -0.860. The van der Waals surface area contributed by atoms with Crippen LogP contribution in [0.1, 0.15) is 29.5 Å². The van der Waals surface area contributed by atoms with E-state index in [1.54, 1.807) is 0 Å². The molecule has 90 valence electrons. The van der Waals surface area contributed by atoms with Crippen molar-refractivity contribution in [1.29, 1.82) is 0 Å². The molecule has 1 rings (SSSR count). The van der Waals surface area contributed by atoms with Crippen LogP contribution in [0.15, 0.2) is 18.2 Å². The summed E-state index contributed by atoms with van der Waals surface area (Å²) in [5.41, 5.74) is 4.13. The largest absolute Gasteiger partial charge is 0.396 e. The number of aryl methyl sites for hydroxylation is 2. The fourth-order valence-corrected chi connectivity index (χ4v) is 1.68. The Morgan fingerprint density at radius 2 is 1.88 bits per heavy atom. The first-order chi connectivity index (χ1) is 7.74. The molecular formula is C14H23NO. The fraction of sp³-hybridized carbons (Fsp3) is 0.571. The first kappa shape index (κ1) is 13.2. The molecule has 0 unspecified atom stereocenters. The van der Waals surface area contributed by atoms with E-state index in [0.717, 1.165) is 32.4 Å². The Morgan fingerprint density at radius 1 is 1.06 bits per heavy atom. The van der Waals surface area contributed by atoms with E-state index in [0.29, 0.717) is 6.61 Å². The first-order valence-electron chi connectivity index (χ1n) is 6.11. The van der Waals surface area contributed by atoms with E-state index in [9.17, 15) is 0 Å². The predicted molar refractivity (Wildman–Crippen MR) is 68.8 cm³/mol. The highest BCUT2D eigenvalue weighted by atomic mass is 16.2. The number of hydrogen-bond acceptors (Lipinski definition) is 2. The standard InChI is InChI=1S/C14H23NO/c1-12-5-6-14(11-13(12)2)7-9-15-8-3-4-10-16/h5-6,11,15-16H,3-4,7-10H2,1-2H3. The van der Waals surface area contributed by atoms with Crippen molar-refractivity contribution in [2.45, 2.75) is 33.1 Å². The average molecular weight is 221 g/mol. The molecule has 0 heterocycles. The van der Waals surface area contributed by atoms with Crippen molar-refractivity contribution in [3.63, 3.8) is 0 Å². The van der Waals surface area contributed by atoms with E-state index in [-0.39, 0.29) is 0 Å². The molecule has 2 N–H and O–H groups in total. The molecule has 0 atom stereocenters. The van der Waals surface area contributed by atoms with E-state index in [4.69, 9.17) is 5.11 Å². The van der Waals surface area contributed by atoms with Crippen molar-refractivity contribution in [1.82, 2.24) is 5.32 Å². The lowest BCUT2D eigenvalue weighted by Gasteiger charge is -2.06. The highest BCUT2D eigenvalue weighted by Gasteiger charge is 1.96. The lowest BCUT2D eigenvalue weighted by Crippen LogP contribution is -2.18. The molecule has 1 aromatic carbocycles. The fourth-order valence-electron chi connectivity index (χ4n) is 1.68. The molecule has 1 aromatic rings. The van der Waals surface area contributed by atoms with E-state index in [2.05, 4.69) is 37.4 Å². The van der Waals surface area contributed by atoms with Gasteiger partial charge in [0.15, 0.2) is 0 Å². The van der Waals surface area contributed by atoms with Crippen molar-refractivity contribution in [3.8, 4) is 0 Å². The molecule has 0 spiro atoms. The van der Waals surface area contributed by atoms with Gasteiger partial charge in [0.25, 0.3) is 0 Å². The van der Waals surface area contributed by atoms with Crippen LogP contribution >= 0.6 is 0 Å². The van der Waals surface area contributed by atoms with Gasteiger partial charge in [-0.15, -0.1) is 0 Å². The second-order valence-electron chi connectivity index (χ2n) is 4.35. The molecule has 0 aliphatic heterocycles. The second-order valence-corrected chi connectivity index (χ2v) is 4.35. The molecule has 0 fully saturated rings. The van der Waals surface area contributed by atoms with Crippen molar-refractivity contribution in [2.75, 3.05) is 19.7 Å². The van der Waals surface area contributed by atoms with Crippen LogP contribution in [-0.2, 0) is 6.42 Å². The summed E-state index contributed by atoms with van der Waals surface area (Å²) in [5, 5.41) is 12.0. The van der Waals surface area contributed by atoms with Gasteiger partial charge in [-0.05, 0) is 62.9 Å². The van der Waals surface area contributed by atoms with Crippen LogP contribution in [0.2, 0.25) is 0 Å². The Labute approximate surface area is 98.7 Å². The quantitative estimate of drug-likeness (QED) is 0.692. The first-order valence-corrected chi connectivity index (χ1v) is 6.11. The van der Waals surface area contributed by atoms with Gasteiger partial charge in [-0.25, -0.2) is 0 Å². The third kappa shape index (κ3) is 4.77. The zero-order valence-electron chi connectivity index (χ0n) is 10.4. The summed E-state index contributed by atoms with van der Waals surface area (Å²) in [6.45, 7) is 6.64.